The van der Waals surface area contributed by atoms with Gasteiger partial charge < -0.3 is 14.7 Å². The molecule has 1 aromatic carbocycles. The van der Waals surface area contributed by atoms with Gasteiger partial charge >= 0.3 is 5.97 Å². The Bertz CT molecular complexity index is 791. The Morgan fingerprint density at radius 2 is 2.04 bits per heavy atom. The normalized spacial score (nSPS) is 19.7. The van der Waals surface area contributed by atoms with Gasteiger partial charge in [0.25, 0.3) is 5.91 Å². The third-order valence-corrected chi connectivity index (χ3v) is 4.60. The van der Waals surface area contributed by atoms with Crippen LogP contribution < -0.4 is 4.74 Å². The maximum absolute atomic E-state index is 12.8. The Labute approximate surface area is 146 Å². The fourth-order valence-corrected chi connectivity index (χ4v) is 3.20. The van der Waals surface area contributed by atoms with E-state index in [2.05, 4.69) is 4.98 Å². The highest BCUT2D eigenvalue weighted by Crippen LogP contribution is 2.31. The number of hydrogen-bond donors (Lipinski definition) is 1. The zero-order chi connectivity index (χ0) is 18.0. The van der Waals surface area contributed by atoms with Crippen LogP contribution in [0, 0.1) is 11.8 Å². The van der Waals surface area contributed by atoms with Crippen molar-refractivity contribution in [2.45, 2.75) is 6.92 Å². The molecule has 0 unspecified atom stereocenters. The van der Waals surface area contributed by atoms with Crippen LogP contribution in [-0.4, -0.2) is 47.1 Å². The highest BCUT2D eigenvalue weighted by molar-refractivity contribution is 5.96. The van der Waals surface area contributed by atoms with Gasteiger partial charge in [-0.1, -0.05) is 13.0 Å². The predicted octanol–water partition coefficient (Wildman–Crippen LogP) is 2.55. The molecule has 0 spiro atoms. The summed E-state index contributed by atoms with van der Waals surface area (Å²) >= 11 is 0. The van der Waals surface area contributed by atoms with E-state index in [9.17, 15) is 14.7 Å². The molecule has 0 radical (unpaired) electrons. The predicted molar refractivity (Wildman–Crippen MR) is 92.4 cm³/mol. The molecule has 130 valence electrons. The van der Waals surface area contributed by atoms with Crippen LogP contribution in [0.15, 0.2) is 42.6 Å². The minimum atomic E-state index is -0.855. The Hall–Kier alpha value is -2.89. The molecule has 2 aromatic rings. The van der Waals surface area contributed by atoms with E-state index in [-0.39, 0.29) is 18.4 Å². The average molecular weight is 340 g/mol. The lowest BCUT2D eigenvalue weighted by Gasteiger charge is -2.17. The summed E-state index contributed by atoms with van der Waals surface area (Å²) in [6, 6.07) is 10.7. The average Bonchev–Trinajstić information content (AvgIpc) is 3.03. The summed E-state index contributed by atoms with van der Waals surface area (Å²) in [5, 5.41) is 9.25. The van der Waals surface area contributed by atoms with Crippen molar-refractivity contribution >= 4 is 11.9 Å². The number of aromatic nitrogens is 1. The van der Waals surface area contributed by atoms with Crippen molar-refractivity contribution < 1.29 is 19.4 Å². The number of carboxylic acid groups (broad SMARTS) is 1. The molecule has 2 atom stereocenters. The molecule has 1 aromatic heterocycles. The zero-order valence-corrected chi connectivity index (χ0v) is 14.2. The molecule has 1 aliphatic heterocycles. The fourth-order valence-electron chi connectivity index (χ4n) is 3.20. The number of rotatable bonds is 4. The van der Waals surface area contributed by atoms with E-state index in [4.69, 9.17) is 4.74 Å². The highest BCUT2D eigenvalue weighted by atomic mass is 16.5. The van der Waals surface area contributed by atoms with Gasteiger partial charge in [-0.05, 0) is 36.2 Å². The van der Waals surface area contributed by atoms with Crippen LogP contribution in [0.3, 0.4) is 0 Å². The van der Waals surface area contributed by atoms with Crippen molar-refractivity contribution in [1.29, 1.82) is 0 Å². The molecule has 6 nitrogen and oxygen atoms in total. The van der Waals surface area contributed by atoms with E-state index >= 15 is 0 Å². The SMILES string of the molecule is COc1ccc(C(=O)N2C[C@@H](C)[C@H](C(=O)O)C2)cc1-c1ccccn1. The Morgan fingerprint density at radius 3 is 2.64 bits per heavy atom. The molecule has 25 heavy (non-hydrogen) atoms. The van der Waals surface area contributed by atoms with E-state index in [0.29, 0.717) is 23.6 Å². The van der Waals surface area contributed by atoms with Gasteiger partial charge in [-0.15, -0.1) is 0 Å². The quantitative estimate of drug-likeness (QED) is 0.925. The molecule has 1 fully saturated rings. The largest absolute Gasteiger partial charge is 0.496 e. The Balaban J connectivity index is 1.91. The zero-order valence-electron chi connectivity index (χ0n) is 14.2. The second-order valence-electron chi connectivity index (χ2n) is 6.26. The first-order valence-electron chi connectivity index (χ1n) is 8.12. The summed E-state index contributed by atoms with van der Waals surface area (Å²) in [7, 11) is 1.57. The van der Waals surface area contributed by atoms with Crippen LogP contribution in [0.5, 0.6) is 5.75 Å². The van der Waals surface area contributed by atoms with Crippen LogP contribution in [0.4, 0.5) is 0 Å². The van der Waals surface area contributed by atoms with Crippen molar-refractivity contribution in [1.82, 2.24) is 9.88 Å². The summed E-state index contributed by atoms with van der Waals surface area (Å²) in [6.45, 7) is 2.54. The molecule has 2 heterocycles. The number of aliphatic carboxylic acids is 1. The minimum Gasteiger partial charge on any atom is -0.496 e. The van der Waals surface area contributed by atoms with Gasteiger partial charge in [0, 0.05) is 30.4 Å². The van der Waals surface area contributed by atoms with Gasteiger partial charge in [0.2, 0.25) is 0 Å². The number of carbonyl (C=O) groups excluding carboxylic acids is 1. The van der Waals surface area contributed by atoms with Crippen LogP contribution >= 0.6 is 0 Å². The van der Waals surface area contributed by atoms with Crippen LogP contribution in [-0.2, 0) is 4.79 Å². The standard InChI is InChI=1S/C19H20N2O4/c1-12-10-21(11-15(12)19(23)24)18(22)13-6-7-17(25-2)14(9-13)16-5-3-4-8-20-16/h3-9,12,15H,10-11H2,1-2H3,(H,23,24)/t12-,15-/m1/s1. The molecule has 6 heteroatoms. The molecule has 1 amide bonds. The minimum absolute atomic E-state index is 0.0602. The highest BCUT2D eigenvalue weighted by Gasteiger charge is 2.37. The van der Waals surface area contributed by atoms with Gasteiger partial charge in [-0.2, -0.15) is 0 Å². The van der Waals surface area contributed by atoms with E-state index in [1.54, 1.807) is 36.4 Å². The lowest BCUT2D eigenvalue weighted by atomic mass is 9.99. The lowest BCUT2D eigenvalue weighted by Crippen LogP contribution is -2.30. The van der Waals surface area contributed by atoms with Crippen LogP contribution in [0.1, 0.15) is 17.3 Å². The fraction of sp³-hybridized carbons (Fsp3) is 0.316. The number of hydrogen-bond acceptors (Lipinski definition) is 4. The number of nitrogens with zero attached hydrogens (tertiary/aromatic N) is 2. The van der Waals surface area contributed by atoms with Crippen molar-refractivity contribution in [2.75, 3.05) is 20.2 Å². The number of benzene rings is 1. The second kappa shape index (κ2) is 6.93. The number of likely N-dealkylation sites (tertiary alicyclic amines) is 1. The first kappa shape index (κ1) is 17.0. The maximum Gasteiger partial charge on any atom is 0.308 e. The Kier molecular flexibility index (Phi) is 4.70. The van der Waals surface area contributed by atoms with Gasteiger partial charge in [0.15, 0.2) is 0 Å². The first-order chi connectivity index (χ1) is 12.0. The van der Waals surface area contributed by atoms with Gasteiger partial charge in [-0.3, -0.25) is 14.6 Å². The van der Waals surface area contributed by atoms with Crippen molar-refractivity contribution in [3.63, 3.8) is 0 Å². The van der Waals surface area contributed by atoms with Crippen LogP contribution in [0.25, 0.3) is 11.3 Å². The molecule has 0 bridgehead atoms. The third-order valence-electron chi connectivity index (χ3n) is 4.60. The summed E-state index contributed by atoms with van der Waals surface area (Å²) in [4.78, 5) is 30.0. The smallest absolute Gasteiger partial charge is 0.308 e. The second-order valence-corrected chi connectivity index (χ2v) is 6.26. The summed E-state index contributed by atoms with van der Waals surface area (Å²) < 4.78 is 5.38. The first-order valence-corrected chi connectivity index (χ1v) is 8.12. The third kappa shape index (κ3) is 3.33. The molecule has 0 aliphatic carbocycles. The molecule has 1 saturated heterocycles. The molecular formula is C19H20N2O4. The van der Waals surface area contributed by atoms with E-state index < -0.39 is 11.9 Å². The van der Waals surface area contributed by atoms with Crippen molar-refractivity contribution in [2.24, 2.45) is 11.8 Å². The number of carbonyl (C=O) groups is 2. The number of methoxy groups -OCH3 is 1. The molecule has 1 N–H and O–H groups in total. The molecule has 1 aliphatic rings. The summed E-state index contributed by atoms with van der Waals surface area (Å²) in [5.41, 5.74) is 1.95. The van der Waals surface area contributed by atoms with E-state index in [1.807, 2.05) is 25.1 Å². The van der Waals surface area contributed by atoms with Crippen molar-refractivity contribution in [3.8, 4) is 17.0 Å². The number of pyridine rings is 1. The lowest BCUT2D eigenvalue weighted by molar-refractivity contribution is -0.142. The number of ether oxygens (including phenoxy) is 1. The van der Waals surface area contributed by atoms with Gasteiger partial charge in [0.05, 0.1) is 18.7 Å². The van der Waals surface area contributed by atoms with E-state index in [1.165, 1.54) is 0 Å². The number of carboxylic acids is 1. The van der Waals surface area contributed by atoms with Crippen molar-refractivity contribution in [3.05, 3.63) is 48.2 Å². The van der Waals surface area contributed by atoms with E-state index in [0.717, 1.165) is 5.56 Å². The molecule has 0 saturated carbocycles. The molecule has 3 rings (SSSR count). The van der Waals surface area contributed by atoms with Crippen LogP contribution in [0.2, 0.25) is 0 Å². The van der Waals surface area contributed by atoms with Gasteiger partial charge in [-0.25, -0.2) is 0 Å². The van der Waals surface area contributed by atoms with Gasteiger partial charge in [0.1, 0.15) is 5.75 Å². The monoisotopic (exact) mass is 340 g/mol. The maximum atomic E-state index is 12.8. The number of amides is 1. The molecular weight excluding hydrogens is 320 g/mol. The summed E-state index contributed by atoms with van der Waals surface area (Å²) in [6.07, 6.45) is 1.68. The topological polar surface area (TPSA) is 79.7 Å². The Morgan fingerprint density at radius 1 is 1.24 bits per heavy atom. The summed E-state index contributed by atoms with van der Waals surface area (Å²) in [5.74, 6) is -0.969.